The molecule has 1 fully saturated rings. The quantitative estimate of drug-likeness (QED) is 0.513. The normalized spacial score (nSPS) is 14.8. The molecule has 0 bridgehead atoms. The molecule has 3 rings (SSSR count). The van der Waals surface area contributed by atoms with Gasteiger partial charge in [0.05, 0.1) is 0 Å². The summed E-state index contributed by atoms with van der Waals surface area (Å²) in [4.78, 5) is 15.2. The number of carbonyl (C=O) groups excluding carboxylic acids is 1. The lowest BCUT2D eigenvalue weighted by Crippen LogP contribution is -2.25. The molecule has 0 unspecified atom stereocenters. The number of hydrogen-bond donors (Lipinski definition) is 0. The van der Waals surface area contributed by atoms with Crippen LogP contribution in [0.25, 0.3) is 6.08 Å². The third-order valence-electron chi connectivity index (χ3n) is 5.23. The van der Waals surface area contributed by atoms with Crippen molar-refractivity contribution in [3.8, 4) is 5.75 Å². The predicted octanol–water partition coefficient (Wildman–Crippen LogP) is 4.98. The highest BCUT2D eigenvalue weighted by molar-refractivity contribution is 6.08. The Morgan fingerprint density at radius 3 is 2.37 bits per heavy atom. The van der Waals surface area contributed by atoms with Crippen LogP contribution < -0.4 is 4.74 Å². The van der Waals surface area contributed by atoms with E-state index in [0.29, 0.717) is 6.61 Å². The minimum absolute atomic E-state index is 0.0388. The first-order valence-corrected chi connectivity index (χ1v) is 9.79. The van der Waals surface area contributed by atoms with Crippen LogP contribution in [0.4, 0.5) is 0 Å². The van der Waals surface area contributed by atoms with E-state index in [1.54, 1.807) is 6.08 Å². The number of ether oxygens (including phenoxy) is 1. The molecule has 0 radical (unpaired) electrons. The molecule has 3 nitrogen and oxygen atoms in total. The summed E-state index contributed by atoms with van der Waals surface area (Å²) < 4.78 is 5.94. The molecule has 2 aromatic rings. The lowest BCUT2D eigenvalue weighted by Gasteiger charge is -2.16. The molecule has 1 saturated heterocycles. The van der Waals surface area contributed by atoms with E-state index in [4.69, 9.17) is 4.74 Å². The molecule has 0 saturated carbocycles. The smallest absolute Gasteiger partial charge is 0.186 e. The van der Waals surface area contributed by atoms with Crippen LogP contribution in [0.5, 0.6) is 5.75 Å². The Morgan fingerprint density at radius 1 is 1.04 bits per heavy atom. The fourth-order valence-corrected chi connectivity index (χ4v) is 3.72. The van der Waals surface area contributed by atoms with E-state index >= 15 is 0 Å². The van der Waals surface area contributed by atoms with Gasteiger partial charge in [0.1, 0.15) is 12.4 Å². The number of aryl methyl sites for hydroxylation is 3. The molecule has 1 aliphatic heterocycles. The first-order chi connectivity index (χ1) is 13.0. The Morgan fingerprint density at radius 2 is 1.70 bits per heavy atom. The molecular formula is C24H29NO2. The topological polar surface area (TPSA) is 29.5 Å². The molecule has 0 spiro atoms. The van der Waals surface area contributed by atoms with Crippen LogP contribution in [-0.4, -0.2) is 36.9 Å². The van der Waals surface area contributed by atoms with Crippen molar-refractivity contribution in [3.05, 3.63) is 70.3 Å². The summed E-state index contributed by atoms with van der Waals surface area (Å²) in [5.74, 6) is 0.889. The van der Waals surface area contributed by atoms with Crippen molar-refractivity contribution in [1.82, 2.24) is 4.90 Å². The summed E-state index contributed by atoms with van der Waals surface area (Å²) >= 11 is 0. The Bertz CT molecular complexity index is 809. The Hall–Kier alpha value is -2.39. The predicted molar refractivity (Wildman–Crippen MR) is 112 cm³/mol. The number of carbonyl (C=O) groups is 1. The highest BCUT2D eigenvalue weighted by Crippen LogP contribution is 2.23. The molecule has 0 amide bonds. The minimum Gasteiger partial charge on any atom is -0.492 e. The summed E-state index contributed by atoms with van der Waals surface area (Å²) in [6.07, 6.45) is 6.17. The molecule has 2 aromatic carbocycles. The third-order valence-corrected chi connectivity index (χ3v) is 5.23. The van der Waals surface area contributed by atoms with Crippen LogP contribution in [0.3, 0.4) is 0 Å². The monoisotopic (exact) mass is 363 g/mol. The summed E-state index contributed by atoms with van der Waals surface area (Å²) in [6, 6.07) is 12.0. The Balaban J connectivity index is 1.66. The zero-order valence-electron chi connectivity index (χ0n) is 16.6. The average molecular weight is 364 g/mol. The molecule has 0 N–H and O–H groups in total. The van der Waals surface area contributed by atoms with Gasteiger partial charge in [-0.15, -0.1) is 0 Å². The number of rotatable bonds is 7. The van der Waals surface area contributed by atoms with E-state index in [1.807, 2.05) is 50.3 Å². The van der Waals surface area contributed by atoms with Crippen molar-refractivity contribution in [3.63, 3.8) is 0 Å². The van der Waals surface area contributed by atoms with Crippen molar-refractivity contribution in [2.24, 2.45) is 0 Å². The van der Waals surface area contributed by atoms with Crippen molar-refractivity contribution in [1.29, 1.82) is 0 Å². The van der Waals surface area contributed by atoms with Crippen molar-refractivity contribution >= 4 is 11.9 Å². The van der Waals surface area contributed by atoms with Crippen LogP contribution in [0.15, 0.2) is 42.5 Å². The van der Waals surface area contributed by atoms with Crippen LogP contribution in [0.2, 0.25) is 0 Å². The fourth-order valence-electron chi connectivity index (χ4n) is 3.72. The van der Waals surface area contributed by atoms with Crippen LogP contribution in [-0.2, 0) is 0 Å². The fraction of sp³-hybridized carbons (Fsp3) is 0.375. The summed E-state index contributed by atoms with van der Waals surface area (Å²) in [6.45, 7) is 10.0. The van der Waals surface area contributed by atoms with Crippen molar-refractivity contribution in [2.75, 3.05) is 26.2 Å². The first-order valence-electron chi connectivity index (χ1n) is 9.79. The van der Waals surface area contributed by atoms with Gasteiger partial charge in [0.2, 0.25) is 0 Å². The molecule has 1 heterocycles. The maximum absolute atomic E-state index is 12.7. The second kappa shape index (κ2) is 9.01. The standard InChI is InChI=1S/C24H29NO2/c1-18-8-4-5-9-21(18)10-11-23(26)24-19(2)16-22(17-20(24)3)27-15-14-25-12-6-7-13-25/h4-5,8-11,16-17H,6-7,12-15H2,1-3H3/b11-10+. The van der Waals surface area contributed by atoms with E-state index in [1.165, 1.54) is 25.9 Å². The Kier molecular flexibility index (Phi) is 6.46. The van der Waals surface area contributed by atoms with E-state index in [2.05, 4.69) is 17.9 Å². The number of hydrogen-bond acceptors (Lipinski definition) is 3. The first kappa shape index (κ1) is 19.4. The maximum atomic E-state index is 12.7. The lowest BCUT2D eigenvalue weighted by molar-refractivity contribution is 0.104. The molecular weight excluding hydrogens is 334 g/mol. The van der Waals surface area contributed by atoms with Crippen molar-refractivity contribution in [2.45, 2.75) is 33.6 Å². The number of benzene rings is 2. The number of likely N-dealkylation sites (tertiary alicyclic amines) is 1. The Labute approximate surface area is 162 Å². The van der Waals surface area contributed by atoms with Gasteiger partial charge in [-0.3, -0.25) is 9.69 Å². The molecule has 27 heavy (non-hydrogen) atoms. The van der Waals surface area contributed by atoms with Gasteiger partial charge in [-0.2, -0.15) is 0 Å². The van der Waals surface area contributed by atoms with Gasteiger partial charge in [0, 0.05) is 12.1 Å². The molecule has 3 heteroatoms. The van der Waals surface area contributed by atoms with Gasteiger partial charge in [0.15, 0.2) is 5.78 Å². The van der Waals surface area contributed by atoms with Crippen LogP contribution in [0.1, 0.15) is 45.5 Å². The molecule has 0 aliphatic carbocycles. The van der Waals surface area contributed by atoms with E-state index < -0.39 is 0 Å². The van der Waals surface area contributed by atoms with E-state index in [-0.39, 0.29) is 5.78 Å². The number of allylic oxidation sites excluding steroid dienone is 1. The molecule has 1 aliphatic rings. The van der Waals surface area contributed by atoms with Crippen molar-refractivity contribution < 1.29 is 9.53 Å². The summed E-state index contributed by atoms with van der Waals surface area (Å²) in [5.41, 5.74) is 4.93. The molecule has 142 valence electrons. The second-order valence-electron chi connectivity index (χ2n) is 7.38. The zero-order valence-corrected chi connectivity index (χ0v) is 16.6. The van der Waals surface area contributed by atoms with Crippen LogP contribution in [0, 0.1) is 20.8 Å². The summed E-state index contributed by atoms with van der Waals surface area (Å²) in [7, 11) is 0. The van der Waals surface area contributed by atoms with E-state index in [9.17, 15) is 4.79 Å². The maximum Gasteiger partial charge on any atom is 0.186 e. The van der Waals surface area contributed by atoms with Gasteiger partial charge in [-0.25, -0.2) is 0 Å². The number of ketones is 1. The number of nitrogens with zero attached hydrogens (tertiary/aromatic N) is 1. The van der Waals surface area contributed by atoms with Gasteiger partial charge < -0.3 is 4.74 Å². The molecule has 0 aromatic heterocycles. The second-order valence-corrected chi connectivity index (χ2v) is 7.38. The zero-order chi connectivity index (χ0) is 19.2. The average Bonchev–Trinajstić information content (AvgIpc) is 3.14. The minimum atomic E-state index is 0.0388. The van der Waals surface area contributed by atoms with Gasteiger partial charge in [0.25, 0.3) is 0 Å². The summed E-state index contributed by atoms with van der Waals surface area (Å²) in [5, 5.41) is 0. The largest absolute Gasteiger partial charge is 0.492 e. The van der Waals surface area contributed by atoms with Crippen LogP contribution >= 0.6 is 0 Å². The van der Waals surface area contributed by atoms with Gasteiger partial charge in [-0.1, -0.05) is 30.3 Å². The highest BCUT2D eigenvalue weighted by Gasteiger charge is 2.13. The SMILES string of the molecule is Cc1ccccc1/C=C/C(=O)c1c(C)cc(OCCN2CCCC2)cc1C. The molecule has 0 atom stereocenters. The van der Waals surface area contributed by atoms with Gasteiger partial charge in [-0.05, 0) is 87.2 Å². The van der Waals surface area contributed by atoms with Gasteiger partial charge >= 0.3 is 0 Å². The lowest BCUT2D eigenvalue weighted by atomic mass is 9.97. The van der Waals surface area contributed by atoms with E-state index in [0.717, 1.165) is 40.1 Å². The third kappa shape index (κ3) is 5.08. The highest BCUT2D eigenvalue weighted by atomic mass is 16.5.